The summed E-state index contributed by atoms with van der Waals surface area (Å²) in [5, 5.41) is 6.57. The van der Waals surface area contributed by atoms with Crippen LogP contribution in [0.4, 0.5) is 10.1 Å². The van der Waals surface area contributed by atoms with Crippen molar-refractivity contribution in [1.29, 1.82) is 0 Å². The lowest BCUT2D eigenvalue weighted by Crippen LogP contribution is -2.18. The molecule has 24 heavy (non-hydrogen) atoms. The van der Waals surface area contributed by atoms with Crippen molar-refractivity contribution in [3.8, 4) is 0 Å². The normalized spacial score (nSPS) is 10.6. The largest absolute Gasteiger partial charge is 0.325 e. The van der Waals surface area contributed by atoms with E-state index >= 15 is 0 Å². The number of amides is 1. The first-order chi connectivity index (χ1) is 11.5. The molecule has 0 unspecified atom stereocenters. The van der Waals surface area contributed by atoms with E-state index in [1.54, 1.807) is 0 Å². The number of hydrazone groups is 1. The molecule has 0 bridgehead atoms. The number of nitrogens with zero attached hydrogens (tertiary/aromatic N) is 2. The van der Waals surface area contributed by atoms with Crippen molar-refractivity contribution in [3.05, 3.63) is 59.7 Å². The molecule has 5 nitrogen and oxygen atoms in total. The number of hydrogen-bond donors (Lipinski definition) is 2. The predicted octanol–water partition coefficient (Wildman–Crippen LogP) is 3.11. The summed E-state index contributed by atoms with van der Waals surface area (Å²) in [7, 11) is 0. The molecule has 0 aliphatic heterocycles. The number of carbonyl (C=O) groups excluding carboxylic acids is 1. The Morgan fingerprint density at radius 1 is 1.38 bits per heavy atom. The molecule has 1 amide bonds. The van der Waals surface area contributed by atoms with Crippen LogP contribution in [0.1, 0.15) is 11.3 Å². The summed E-state index contributed by atoms with van der Waals surface area (Å²) < 4.78 is 13.6. The fourth-order valence-corrected chi connectivity index (χ4v) is 2.32. The minimum atomic E-state index is -0.473. The first-order valence-corrected chi connectivity index (χ1v) is 8.37. The number of thiocarbonyl (C=S) groups is 1. The number of pyridine rings is 1. The SMILES string of the molecule is Cc1ccc(NC(=O)CSC(=S)N/N=C/c2ncccc2F)cc1. The van der Waals surface area contributed by atoms with Gasteiger partial charge in [0.25, 0.3) is 0 Å². The number of benzene rings is 1. The average Bonchev–Trinajstić information content (AvgIpc) is 2.57. The smallest absolute Gasteiger partial charge is 0.234 e. The monoisotopic (exact) mass is 362 g/mol. The molecule has 0 saturated carbocycles. The van der Waals surface area contributed by atoms with E-state index in [2.05, 4.69) is 20.8 Å². The maximum absolute atomic E-state index is 13.3. The number of carbonyl (C=O) groups is 1. The molecule has 0 saturated heterocycles. The van der Waals surface area contributed by atoms with Crippen LogP contribution in [0.25, 0.3) is 0 Å². The maximum Gasteiger partial charge on any atom is 0.234 e. The quantitative estimate of drug-likeness (QED) is 0.486. The van der Waals surface area contributed by atoms with Crippen molar-refractivity contribution in [2.75, 3.05) is 11.1 Å². The van der Waals surface area contributed by atoms with Gasteiger partial charge in [-0.15, -0.1) is 0 Å². The number of thioether (sulfide) groups is 1. The van der Waals surface area contributed by atoms with E-state index in [4.69, 9.17) is 12.2 Å². The van der Waals surface area contributed by atoms with Crippen molar-refractivity contribution >= 4 is 46.1 Å². The van der Waals surface area contributed by atoms with E-state index in [-0.39, 0.29) is 17.4 Å². The van der Waals surface area contributed by atoms with Gasteiger partial charge in [-0.1, -0.05) is 41.7 Å². The van der Waals surface area contributed by atoms with Crippen LogP contribution in [0.15, 0.2) is 47.7 Å². The highest BCUT2D eigenvalue weighted by molar-refractivity contribution is 8.23. The molecule has 2 N–H and O–H groups in total. The zero-order valence-electron chi connectivity index (χ0n) is 12.8. The molecule has 0 fully saturated rings. The second kappa shape index (κ2) is 9.09. The third kappa shape index (κ3) is 6.05. The zero-order valence-corrected chi connectivity index (χ0v) is 14.5. The van der Waals surface area contributed by atoms with E-state index in [0.717, 1.165) is 23.0 Å². The van der Waals surface area contributed by atoms with Gasteiger partial charge in [-0.25, -0.2) is 4.39 Å². The summed E-state index contributed by atoms with van der Waals surface area (Å²) in [5.41, 5.74) is 4.52. The molecule has 1 heterocycles. The fourth-order valence-electron chi connectivity index (χ4n) is 1.64. The average molecular weight is 362 g/mol. The molecule has 1 aromatic heterocycles. The Bertz CT molecular complexity index is 750. The van der Waals surface area contributed by atoms with Crippen LogP contribution < -0.4 is 10.7 Å². The van der Waals surface area contributed by atoms with E-state index < -0.39 is 5.82 Å². The van der Waals surface area contributed by atoms with Gasteiger partial charge in [-0.05, 0) is 31.2 Å². The highest BCUT2D eigenvalue weighted by atomic mass is 32.2. The predicted molar refractivity (Wildman–Crippen MR) is 99.8 cm³/mol. The summed E-state index contributed by atoms with van der Waals surface area (Å²) in [6.45, 7) is 1.98. The van der Waals surface area contributed by atoms with Crippen LogP contribution in [-0.2, 0) is 4.79 Å². The molecular formula is C16H15FN4OS2. The number of aromatic nitrogens is 1. The number of anilines is 1. The molecule has 2 aromatic rings. The van der Waals surface area contributed by atoms with Crippen molar-refractivity contribution in [3.63, 3.8) is 0 Å². The van der Waals surface area contributed by atoms with E-state index in [0.29, 0.717) is 4.32 Å². The molecule has 0 aliphatic rings. The molecule has 0 atom stereocenters. The lowest BCUT2D eigenvalue weighted by molar-refractivity contribution is -0.113. The van der Waals surface area contributed by atoms with Crippen LogP contribution in [-0.4, -0.2) is 27.2 Å². The van der Waals surface area contributed by atoms with Gasteiger partial charge in [0.2, 0.25) is 5.91 Å². The topological polar surface area (TPSA) is 66.4 Å². The summed E-state index contributed by atoms with van der Waals surface area (Å²) in [6, 6.07) is 10.3. The van der Waals surface area contributed by atoms with Gasteiger partial charge >= 0.3 is 0 Å². The lowest BCUT2D eigenvalue weighted by Gasteiger charge is -2.06. The van der Waals surface area contributed by atoms with Gasteiger partial charge in [-0.2, -0.15) is 5.10 Å². The van der Waals surface area contributed by atoms with Crippen molar-refractivity contribution in [2.24, 2.45) is 5.10 Å². The number of aryl methyl sites for hydroxylation is 1. The third-order valence-corrected chi connectivity index (χ3v) is 4.00. The second-order valence-corrected chi connectivity index (χ2v) is 6.38. The Morgan fingerprint density at radius 2 is 2.12 bits per heavy atom. The Morgan fingerprint density at radius 3 is 2.83 bits per heavy atom. The standard InChI is InChI=1S/C16H15FN4OS2/c1-11-4-6-12(7-5-11)20-15(22)10-24-16(23)21-19-9-14-13(17)3-2-8-18-14/h2-9H,10H2,1H3,(H,20,22)(H,21,23)/b19-9+. The van der Waals surface area contributed by atoms with Crippen molar-refractivity contribution in [1.82, 2.24) is 10.4 Å². The maximum atomic E-state index is 13.3. The minimum Gasteiger partial charge on any atom is -0.325 e. The molecular weight excluding hydrogens is 347 g/mol. The summed E-state index contributed by atoms with van der Waals surface area (Å²) in [4.78, 5) is 15.6. The van der Waals surface area contributed by atoms with Crippen LogP contribution in [0, 0.1) is 12.7 Å². The van der Waals surface area contributed by atoms with E-state index in [1.165, 1.54) is 24.5 Å². The highest BCUT2D eigenvalue weighted by Crippen LogP contribution is 2.10. The first kappa shape index (κ1) is 18.0. The molecule has 8 heteroatoms. The minimum absolute atomic E-state index is 0.106. The summed E-state index contributed by atoms with van der Waals surface area (Å²) in [6.07, 6.45) is 2.70. The molecule has 0 spiro atoms. The van der Waals surface area contributed by atoms with Gasteiger partial charge in [-0.3, -0.25) is 15.2 Å². The van der Waals surface area contributed by atoms with E-state index in [1.807, 2.05) is 31.2 Å². The Kier molecular flexibility index (Phi) is 6.83. The first-order valence-electron chi connectivity index (χ1n) is 6.97. The van der Waals surface area contributed by atoms with E-state index in [9.17, 15) is 9.18 Å². The van der Waals surface area contributed by atoms with Gasteiger partial charge < -0.3 is 5.32 Å². The van der Waals surface area contributed by atoms with Gasteiger partial charge in [0.15, 0.2) is 10.1 Å². The summed E-state index contributed by atoms with van der Waals surface area (Å²) >= 11 is 6.17. The van der Waals surface area contributed by atoms with Crippen LogP contribution in [0.3, 0.4) is 0 Å². The number of nitrogens with one attached hydrogen (secondary N) is 2. The van der Waals surface area contributed by atoms with Crippen LogP contribution >= 0.6 is 24.0 Å². The molecule has 0 radical (unpaired) electrons. The fraction of sp³-hybridized carbons (Fsp3) is 0.125. The molecule has 124 valence electrons. The van der Waals surface area contributed by atoms with Gasteiger partial charge in [0.05, 0.1) is 12.0 Å². The number of halogens is 1. The number of rotatable bonds is 5. The third-order valence-electron chi connectivity index (χ3n) is 2.80. The Hall–Kier alpha value is -2.32. The highest BCUT2D eigenvalue weighted by Gasteiger charge is 2.05. The molecule has 0 aliphatic carbocycles. The van der Waals surface area contributed by atoms with Gasteiger partial charge in [0, 0.05) is 11.9 Å². The van der Waals surface area contributed by atoms with Crippen LogP contribution in [0.2, 0.25) is 0 Å². The van der Waals surface area contributed by atoms with Gasteiger partial charge in [0.1, 0.15) is 5.69 Å². The van der Waals surface area contributed by atoms with Crippen molar-refractivity contribution < 1.29 is 9.18 Å². The molecule has 2 rings (SSSR count). The Labute approximate surface area is 148 Å². The lowest BCUT2D eigenvalue weighted by atomic mass is 10.2. The van der Waals surface area contributed by atoms with Crippen molar-refractivity contribution in [2.45, 2.75) is 6.92 Å². The number of hydrogen-bond acceptors (Lipinski definition) is 5. The molecule has 1 aromatic carbocycles. The summed E-state index contributed by atoms with van der Waals surface area (Å²) in [5.74, 6) is -0.500. The Balaban J connectivity index is 1.73. The second-order valence-electron chi connectivity index (χ2n) is 4.73. The zero-order chi connectivity index (χ0) is 17.4. The van der Waals surface area contributed by atoms with Crippen LogP contribution in [0.5, 0.6) is 0 Å².